The van der Waals surface area contributed by atoms with Crippen molar-refractivity contribution in [3.63, 3.8) is 0 Å². The number of nitrogens with zero attached hydrogens (tertiary/aromatic N) is 2. The molecule has 3 aromatic carbocycles. The number of rotatable bonds is 6. The first-order valence-electron chi connectivity index (χ1n) is 11.9. The van der Waals surface area contributed by atoms with E-state index in [1.807, 2.05) is 54.6 Å². The Bertz CT molecular complexity index is 1260. The smallest absolute Gasteiger partial charge is 0.337 e. The van der Waals surface area contributed by atoms with Gasteiger partial charge in [-0.15, -0.1) is 0 Å². The lowest BCUT2D eigenvalue weighted by atomic mass is 10.0. The summed E-state index contributed by atoms with van der Waals surface area (Å²) in [7, 11) is 1.34. The standard InChI is InChI=1S/C28H28N2O6/c1-34-27(32)20-9-7-19(8-10-20)16-30(28(33)29-13-3-6-24(29)17-31)23-5-2-4-21(14-23)22-11-12-25-26(15-22)36-18-35-25/h2,4-5,7-12,14-15,24,31H,3,6,13,16-18H2,1H3/t24-/m0/s1. The fourth-order valence-corrected chi connectivity index (χ4v) is 4.68. The Morgan fingerprint density at radius 2 is 1.81 bits per heavy atom. The molecule has 8 heteroatoms. The molecule has 2 aliphatic rings. The molecule has 1 saturated heterocycles. The summed E-state index contributed by atoms with van der Waals surface area (Å²) in [4.78, 5) is 29.1. The number of carbonyl (C=O) groups excluding carboxylic acids is 2. The van der Waals surface area contributed by atoms with Crippen molar-refractivity contribution in [2.24, 2.45) is 0 Å². The second-order valence-corrected chi connectivity index (χ2v) is 8.85. The first kappa shape index (κ1) is 23.7. The van der Waals surface area contributed by atoms with Gasteiger partial charge in [0.2, 0.25) is 6.79 Å². The van der Waals surface area contributed by atoms with Gasteiger partial charge in [-0.25, -0.2) is 9.59 Å². The van der Waals surface area contributed by atoms with Gasteiger partial charge in [0.15, 0.2) is 11.5 Å². The number of esters is 1. The normalized spacial score (nSPS) is 16.2. The van der Waals surface area contributed by atoms with Crippen LogP contribution in [0.4, 0.5) is 10.5 Å². The van der Waals surface area contributed by atoms with Crippen molar-refractivity contribution >= 4 is 17.7 Å². The number of anilines is 1. The predicted molar refractivity (Wildman–Crippen MR) is 134 cm³/mol. The lowest BCUT2D eigenvalue weighted by Gasteiger charge is -2.31. The number of urea groups is 1. The highest BCUT2D eigenvalue weighted by Crippen LogP contribution is 2.37. The van der Waals surface area contributed by atoms with E-state index in [0.29, 0.717) is 30.2 Å². The van der Waals surface area contributed by atoms with Gasteiger partial charge in [-0.05, 0) is 65.9 Å². The number of carbonyl (C=O) groups is 2. The third kappa shape index (κ3) is 4.72. The molecule has 0 aliphatic carbocycles. The van der Waals surface area contributed by atoms with Crippen molar-refractivity contribution in [2.45, 2.75) is 25.4 Å². The molecular formula is C28H28N2O6. The van der Waals surface area contributed by atoms with Gasteiger partial charge in [-0.1, -0.05) is 30.3 Å². The minimum atomic E-state index is -0.409. The molecule has 2 aliphatic heterocycles. The van der Waals surface area contributed by atoms with Gasteiger partial charge < -0.3 is 24.2 Å². The summed E-state index contributed by atoms with van der Waals surface area (Å²) in [5.74, 6) is 0.999. The number of aliphatic hydroxyl groups is 1. The average Bonchev–Trinajstić information content (AvgIpc) is 3.60. The monoisotopic (exact) mass is 488 g/mol. The highest BCUT2D eigenvalue weighted by Gasteiger charge is 2.32. The van der Waals surface area contributed by atoms with Crippen molar-refractivity contribution in [3.05, 3.63) is 77.9 Å². The van der Waals surface area contributed by atoms with E-state index in [2.05, 4.69) is 0 Å². The molecule has 1 fully saturated rings. The van der Waals surface area contributed by atoms with Gasteiger partial charge in [0.1, 0.15) is 0 Å². The van der Waals surface area contributed by atoms with Crippen LogP contribution >= 0.6 is 0 Å². The summed E-state index contributed by atoms with van der Waals surface area (Å²) in [5.41, 5.74) is 3.93. The Labute approximate surface area is 209 Å². The molecule has 186 valence electrons. The van der Waals surface area contributed by atoms with Crippen LogP contribution in [0, 0.1) is 0 Å². The predicted octanol–water partition coefficient (Wildman–Crippen LogP) is 4.45. The SMILES string of the molecule is COC(=O)c1ccc(CN(C(=O)N2CCC[C@H]2CO)c2cccc(-c3ccc4c(c3)OCO4)c2)cc1. The number of methoxy groups -OCH3 is 1. The molecule has 8 nitrogen and oxygen atoms in total. The lowest BCUT2D eigenvalue weighted by Crippen LogP contribution is -2.46. The average molecular weight is 489 g/mol. The van der Waals surface area contributed by atoms with E-state index >= 15 is 0 Å². The first-order valence-corrected chi connectivity index (χ1v) is 11.9. The maximum absolute atomic E-state index is 13.8. The van der Waals surface area contributed by atoms with E-state index in [0.717, 1.165) is 35.2 Å². The van der Waals surface area contributed by atoms with Crippen LogP contribution < -0.4 is 14.4 Å². The van der Waals surface area contributed by atoms with Crippen molar-refractivity contribution in [1.82, 2.24) is 4.90 Å². The molecule has 0 saturated carbocycles. The molecule has 0 radical (unpaired) electrons. The Hall–Kier alpha value is -4.04. The summed E-state index contributed by atoms with van der Waals surface area (Å²) in [6.45, 7) is 1.05. The second-order valence-electron chi connectivity index (χ2n) is 8.85. The Kier molecular flexibility index (Phi) is 6.77. The minimum absolute atomic E-state index is 0.0648. The number of ether oxygens (including phenoxy) is 3. The fraction of sp³-hybridized carbons (Fsp3) is 0.286. The zero-order valence-electron chi connectivity index (χ0n) is 20.1. The van der Waals surface area contributed by atoms with Crippen molar-refractivity contribution in [2.75, 3.05) is 32.0 Å². The quantitative estimate of drug-likeness (QED) is 0.516. The van der Waals surface area contributed by atoms with Crippen LogP contribution in [0.5, 0.6) is 11.5 Å². The number of hydrogen-bond donors (Lipinski definition) is 1. The summed E-state index contributed by atoms with van der Waals surface area (Å²) < 4.78 is 15.7. The van der Waals surface area contributed by atoms with Crippen LogP contribution in [0.25, 0.3) is 11.1 Å². The van der Waals surface area contributed by atoms with Gasteiger partial charge >= 0.3 is 12.0 Å². The zero-order chi connectivity index (χ0) is 25.1. The molecular weight excluding hydrogens is 460 g/mol. The van der Waals surface area contributed by atoms with E-state index < -0.39 is 5.97 Å². The zero-order valence-corrected chi connectivity index (χ0v) is 20.1. The van der Waals surface area contributed by atoms with E-state index in [4.69, 9.17) is 14.2 Å². The second kappa shape index (κ2) is 10.3. The first-order chi connectivity index (χ1) is 17.6. The third-order valence-electron chi connectivity index (χ3n) is 6.64. The minimum Gasteiger partial charge on any atom is -0.465 e. The van der Waals surface area contributed by atoms with E-state index in [1.54, 1.807) is 21.9 Å². The summed E-state index contributed by atoms with van der Waals surface area (Å²) in [6, 6.07) is 20.2. The largest absolute Gasteiger partial charge is 0.465 e. The molecule has 0 bridgehead atoms. The van der Waals surface area contributed by atoms with E-state index in [9.17, 15) is 14.7 Å². The van der Waals surface area contributed by atoms with Crippen LogP contribution in [-0.2, 0) is 11.3 Å². The maximum Gasteiger partial charge on any atom is 0.337 e. The van der Waals surface area contributed by atoms with E-state index in [1.165, 1.54) is 7.11 Å². The molecule has 0 aromatic heterocycles. The lowest BCUT2D eigenvalue weighted by molar-refractivity contribution is 0.0600. The van der Waals surface area contributed by atoms with Crippen molar-refractivity contribution in [1.29, 1.82) is 0 Å². The van der Waals surface area contributed by atoms with Crippen LogP contribution in [-0.4, -0.2) is 55.1 Å². The molecule has 36 heavy (non-hydrogen) atoms. The molecule has 5 rings (SSSR count). The van der Waals surface area contributed by atoms with Crippen LogP contribution in [0.3, 0.4) is 0 Å². The maximum atomic E-state index is 13.8. The summed E-state index contributed by atoms with van der Waals surface area (Å²) in [5, 5.41) is 9.82. The van der Waals surface area contributed by atoms with Crippen molar-refractivity contribution in [3.8, 4) is 22.6 Å². The van der Waals surface area contributed by atoms with E-state index in [-0.39, 0.29) is 25.5 Å². The Balaban J connectivity index is 1.48. The number of fused-ring (bicyclic) bond motifs is 1. The topological polar surface area (TPSA) is 88.5 Å². The molecule has 1 atom stereocenters. The number of likely N-dealkylation sites (tertiary alicyclic amines) is 1. The Morgan fingerprint density at radius 3 is 2.58 bits per heavy atom. The van der Waals surface area contributed by atoms with Gasteiger partial charge in [0.25, 0.3) is 0 Å². The fourth-order valence-electron chi connectivity index (χ4n) is 4.68. The molecule has 1 N–H and O–H groups in total. The number of hydrogen-bond acceptors (Lipinski definition) is 6. The van der Waals surface area contributed by atoms with Gasteiger partial charge in [0.05, 0.1) is 31.9 Å². The van der Waals surface area contributed by atoms with Crippen LogP contribution in [0.1, 0.15) is 28.8 Å². The number of aliphatic hydroxyl groups excluding tert-OH is 1. The number of benzene rings is 3. The molecule has 3 aromatic rings. The van der Waals surface area contributed by atoms with Gasteiger partial charge in [-0.3, -0.25) is 4.90 Å². The molecule has 2 heterocycles. The molecule has 0 unspecified atom stereocenters. The van der Waals surface area contributed by atoms with Gasteiger partial charge in [-0.2, -0.15) is 0 Å². The van der Waals surface area contributed by atoms with Crippen LogP contribution in [0.2, 0.25) is 0 Å². The van der Waals surface area contributed by atoms with Gasteiger partial charge in [0, 0.05) is 12.2 Å². The highest BCUT2D eigenvalue weighted by atomic mass is 16.7. The summed E-state index contributed by atoms with van der Waals surface area (Å²) >= 11 is 0. The molecule has 0 spiro atoms. The third-order valence-corrected chi connectivity index (χ3v) is 6.64. The summed E-state index contributed by atoms with van der Waals surface area (Å²) in [6.07, 6.45) is 1.64. The highest BCUT2D eigenvalue weighted by molar-refractivity contribution is 5.93. The number of amides is 2. The van der Waals surface area contributed by atoms with Crippen LogP contribution in [0.15, 0.2) is 66.7 Å². The van der Waals surface area contributed by atoms with Crippen molar-refractivity contribution < 1.29 is 28.9 Å². The molecule has 2 amide bonds. The Morgan fingerprint density at radius 1 is 1.03 bits per heavy atom.